The quantitative estimate of drug-likeness (QED) is 0.231. The summed E-state index contributed by atoms with van der Waals surface area (Å²) < 4.78 is 29.4. The topological polar surface area (TPSA) is 86.8 Å². The Labute approximate surface area is 255 Å². The lowest BCUT2D eigenvalue weighted by atomic mass is 10.0. The highest BCUT2D eigenvalue weighted by molar-refractivity contribution is 7.92. The molecule has 0 unspecified atom stereocenters. The van der Waals surface area contributed by atoms with Gasteiger partial charge >= 0.3 is 0 Å². The van der Waals surface area contributed by atoms with Crippen molar-refractivity contribution < 1.29 is 18.0 Å². The minimum Gasteiger partial charge on any atom is -0.355 e. The van der Waals surface area contributed by atoms with Crippen molar-refractivity contribution in [2.45, 2.75) is 51.6 Å². The fraction of sp³-hybridized carbons (Fsp3) is 0.257. The van der Waals surface area contributed by atoms with Crippen LogP contribution in [0.4, 0.5) is 5.69 Å². The van der Waals surface area contributed by atoms with E-state index in [1.807, 2.05) is 94.4 Å². The van der Waals surface area contributed by atoms with Gasteiger partial charge in [0.1, 0.15) is 12.6 Å². The normalized spacial score (nSPS) is 11.9. The molecule has 4 rings (SSSR count). The van der Waals surface area contributed by atoms with E-state index in [0.717, 1.165) is 27.8 Å². The van der Waals surface area contributed by atoms with Crippen LogP contribution in [0.2, 0.25) is 0 Å². The predicted molar refractivity (Wildman–Crippen MR) is 171 cm³/mol. The number of hydrogen-bond acceptors (Lipinski definition) is 4. The van der Waals surface area contributed by atoms with Gasteiger partial charge in [-0.15, -0.1) is 0 Å². The van der Waals surface area contributed by atoms with Crippen LogP contribution in [-0.2, 0) is 32.6 Å². The van der Waals surface area contributed by atoms with E-state index < -0.39 is 28.5 Å². The number of likely N-dealkylation sites (N-methyl/N-ethyl adjacent to an activating group) is 1. The molecule has 0 heterocycles. The number of amides is 2. The van der Waals surface area contributed by atoms with Gasteiger partial charge in [-0.3, -0.25) is 13.9 Å². The van der Waals surface area contributed by atoms with Gasteiger partial charge in [-0.1, -0.05) is 96.1 Å². The molecule has 224 valence electrons. The Morgan fingerprint density at radius 1 is 0.767 bits per heavy atom. The minimum atomic E-state index is -4.13. The van der Waals surface area contributed by atoms with Crippen molar-refractivity contribution in [3.05, 3.63) is 131 Å². The predicted octanol–water partition coefficient (Wildman–Crippen LogP) is 5.58. The molecule has 0 aliphatic carbocycles. The molecule has 7 nitrogen and oxygen atoms in total. The largest absolute Gasteiger partial charge is 0.355 e. The van der Waals surface area contributed by atoms with E-state index in [4.69, 9.17) is 0 Å². The first-order valence-corrected chi connectivity index (χ1v) is 15.9. The zero-order chi connectivity index (χ0) is 31.0. The summed E-state index contributed by atoms with van der Waals surface area (Å²) in [6, 6.07) is 30.0. The standard InChI is InChI=1S/C35H39N3O4S/c1-5-36-35(40)33(23-29-14-8-6-9-15-29)37(24-30-16-12-13-26(2)22-30)34(39)25-38(32-20-19-27(3)21-28(32)4)43(41,42)31-17-10-7-11-18-31/h6-22,33H,5,23-25H2,1-4H3,(H,36,40)/t33-/m0/s1. The fourth-order valence-electron chi connectivity index (χ4n) is 5.17. The zero-order valence-corrected chi connectivity index (χ0v) is 26.0. The minimum absolute atomic E-state index is 0.0811. The number of benzene rings is 4. The molecular weight excluding hydrogens is 558 g/mol. The lowest BCUT2D eigenvalue weighted by molar-refractivity contribution is -0.140. The van der Waals surface area contributed by atoms with Gasteiger partial charge < -0.3 is 10.2 Å². The molecular formula is C35H39N3O4S. The summed E-state index contributed by atoms with van der Waals surface area (Å²) in [5, 5.41) is 2.89. The molecule has 2 amide bonds. The summed E-state index contributed by atoms with van der Waals surface area (Å²) in [4.78, 5) is 29.6. The van der Waals surface area contributed by atoms with Crippen molar-refractivity contribution in [3.63, 3.8) is 0 Å². The highest BCUT2D eigenvalue weighted by atomic mass is 32.2. The fourth-order valence-corrected chi connectivity index (χ4v) is 6.67. The first kappa shape index (κ1) is 31.5. The third-order valence-corrected chi connectivity index (χ3v) is 9.06. The van der Waals surface area contributed by atoms with E-state index >= 15 is 0 Å². The third-order valence-electron chi connectivity index (χ3n) is 7.29. The number of aryl methyl sites for hydroxylation is 3. The number of nitrogens with one attached hydrogen (secondary N) is 1. The molecule has 0 radical (unpaired) electrons. The lowest BCUT2D eigenvalue weighted by Crippen LogP contribution is -2.53. The van der Waals surface area contributed by atoms with Gasteiger partial charge in [0.2, 0.25) is 11.8 Å². The van der Waals surface area contributed by atoms with Gasteiger partial charge in [0.15, 0.2) is 0 Å². The Kier molecular flexibility index (Phi) is 10.4. The first-order valence-electron chi connectivity index (χ1n) is 14.4. The highest BCUT2D eigenvalue weighted by Crippen LogP contribution is 2.28. The number of anilines is 1. The second-order valence-electron chi connectivity index (χ2n) is 10.7. The van der Waals surface area contributed by atoms with Crippen molar-refractivity contribution in [3.8, 4) is 0 Å². The van der Waals surface area contributed by atoms with E-state index in [9.17, 15) is 18.0 Å². The summed E-state index contributed by atoms with van der Waals surface area (Å²) in [5.74, 6) is -0.774. The van der Waals surface area contributed by atoms with Crippen molar-refractivity contribution in [1.29, 1.82) is 0 Å². The number of rotatable bonds is 12. The maximum absolute atomic E-state index is 14.5. The van der Waals surface area contributed by atoms with Gasteiger partial charge in [-0.2, -0.15) is 0 Å². The van der Waals surface area contributed by atoms with E-state index in [2.05, 4.69) is 5.32 Å². The van der Waals surface area contributed by atoms with Crippen LogP contribution in [0.15, 0.2) is 108 Å². The number of hydrogen-bond donors (Lipinski definition) is 1. The second-order valence-corrected chi connectivity index (χ2v) is 12.6. The van der Waals surface area contributed by atoms with E-state index in [0.29, 0.717) is 12.2 Å². The molecule has 0 aliphatic rings. The van der Waals surface area contributed by atoms with Gasteiger partial charge in [-0.05, 0) is 62.6 Å². The van der Waals surface area contributed by atoms with Crippen molar-refractivity contribution in [2.75, 3.05) is 17.4 Å². The molecule has 0 aromatic heterocycles. The SMILES string of the molecule is CCNC(=O)[C@H](Cc1ccccc1)N(Cc1cccc(C)c1)C(=O)CN(c1ccc(C)cc1C)S(=O)(=O)c1ccccc1. The summed E-state index contributed by atoms with van der Waals surface area (Å²) in [6.07, 6.45) is 0.277. The number of carbonyl (C=O) groups is 2. The average Bonchev–Trinajstić information content (AvgIpc) is 2.99. The zero-order valence-electron chi connectivity index (χ0n) is 25.2. The number of nitrogens with zero attached hydrogens (tertiary/aromatic N) is 2. The summed E-state index contributed by atoms with van der Waals surface area (Å²) in [6.45, 7) is 7.63. The molecule has 43 heavy (non-hydrogen) atoms. The second kappa shape index (κ2) is 14.2. The molecule has 8 heteroatoms. The van der Waals surface area contributed by atoms with Crippen LogP contribution in [0.25, 0.3) is 0 Å². The summed E-state index contributed by atoms with van der Waals surface area (Å²) in [7, 11) is -4.13. The van der Waals surface area contributed by atoms with Gasteiger partial charge in [-0.25, -0.2) is 8.42 Å². The maximum Gasteiger partial charge on any atom is 0.264 e. The Hall–Kier alpha value is -4.43. The van der Waals surface area contributed by atoms with Gasteiger partial charge in [0, 0.05) is 19.5 Å². The van der Waals surface area contributed by atoms with Crippen molar-refractivity contribution >= 4 is 27.5 Å². The van der Waals surface area contributed by atoms with Crippen LogP contribution in [0, 0.1) is 20.8 Å². The van der Waals surface area contributed by atoms with E-state index in [1.54, 1.807) is 24.3 Å². The monoisotopic (exact) mass is 597 g/mol. The molecule has 0 spiro atoms. The molecule has 0 aliphatic heterocycles. The third kappa shape index (κ3) is 7.90. The van der Waals surface area contributed by atoms with Crippen LogP contribution in [0.5, 0.6) is 0 Å². The Balaban J connectivity index is 1.81. The molecule has 0 bridgehead atoms. The Morgan fingerprint density at radius 2 is 1.40 bits per heavy atom. The molecule has 1 atom stereocenters. The van der Waals surface area contributed by atoms with E-state index in [1.165, 1.54) is 21.3 Å². The number of sulfonamides is 1. The first-order chi connectivity index (χ1) is 20.6. The number of carbonyl (C=O) groups excluding carboxylic acids is 2. The summed E-state index contributed by atoms with van der Waals surface area (Å²) >= 11 is 0. The Bertz CT molecular complexity index is 1660. The van der Waals surface area contributed by atoms with Gasteiger partial charge in [0.05, 0.1) is 10.6 Å². The highest BCUT2D eigenvalue weighted by Gasteiger charge is 2.34. The maximum atomic E-state index is 14.5. The van der Waals surface area contributed by atoms with Crippen molar-refractivity contribution in [1.82, 2.24) is 10.2 Å². The average molecular weight is 598 g/mol. The van der Waals surface area contributed by atoms with Crippen molar-refractivity contribution in [2.24, 2.45) is 0 Å². The van der Waals surface area contributed by atoms with Crippen LogP contribution in [0.3, 0.4) is 0 Å². The summed E-state index contributed by atoms with van der Waals surface area (Å²) in [5.41, 5.74) is 4.87. The van der Waals surface area contributed by atoms with E-state index in [-0.39, 0.29) is 23.8 Å². The van der Waals surface area contributed by atoms with Crippen LogP contribution in [0.1, 0.15) is 34.7 Å². The van der Waals surface area contributed by atoms with Gasteiger partial charge in [0.25, 0.3) is 10.0 Å². The van der Waals surface area contributed by atoms with Crippen LogP contribution < -0.4 is 9.62 Å². The molecule has 0 saturated heterocycles. The smallest absolute Gasteiger partial charge is 0.264 e. The molecule has 1 N–H and O–H groups in total. The van der Waals surface area contributed by atoms with Crippen LogP contribution in [-0.4, -0.2) is 44.3 Å². The molecule has 4 aromatic carbocycles. The van der Waals surface area contributed by atoms with Crippen LogP contribution >= 0.6 is 0 Å². The Morgan fingerprint density at radius 3 is 2.02 bits per heavy atom. The molecule has 0 fully saturated rings. The lowest BCUT2D eigenvalue weighted by Gasteiger charge is -2.34. The molecule has 0 saturated carbocycles. The molecule has 4 aromatic rings.